The lowest BCUT2D eigenvalue weighted by Gasteiger charge is -2.28. The summed E-state index contributed by atoms with van der Waals surface area (Å²) in [6.45, 7) is 4.14. The Morgan fingerprint density at radius 3 is 2.45 bits per heavy atom. The molecular weight excluding hydrogens is 439 g/mol. The summed E-state index contributed by atoms with van der Waals surface area (Å²) in [7, 11) is 2.10. The first-order valence-electron chi connectivity index (χ1n) is 10.8. The van der Waals surface area contributed by atoms with Crippen molar-refractivity contribution in [3.63, 3.8) is 0 Å². The van der Waals surface area contributed by atoms with Crippen LogP contribution in [-0.4, -0.2) is 60.0 Å². The molecule has 2 amide bonds. The van der Waals surface area contributed by atoms with Crippen LogP contribution in [0.3, 0.4) is 0 Å². The molecule has 11 heteroatoms. The van der Waals surface area contributed by atoms with Gasteiger partial charge >= 0.3 is 18.2 Å². The molecule has 1 aromatic heterocycles. The van der Waals surface area contributed by atoms with Gasteiger partial charge in [-0.3, -0.25) is 0 Å². The molecule has 2 N–H and O–H groups in total. The Kier molecular flexibility index (Phi) is 7.96. The molecular formula is C22H28F3N5O3. The fourth-order valence-corrected chi connectivity index (χ4v) is 3.78. The molecule has 0 atom stereocenters. The maximum absolute atomic E-state index is 13.6. The van der Waals surface area contributed by atoms with Crippen molar-refractivity contribution >= 4 is 17.7 Å². The molecule has 1 aromatic carbocycles. The van der Waals surface area contributed by atoms with Gasteiger partial charge in [-0.2, -0.15) is 18.3 Å². The lowest BCUT2D eigenvalue weighted by Crippen LogP contribution is -2.34. The minimum atomic E-state index is -4.82. The number of carbonyl (C=O) groups excluding carboxylic acids is 2. The number of nitrogens with zero attached hydrogens (tertiary/aromatic N) is 3. The van der Waals surface area contributed by atoms with Gasteiger partial charge in [-0.05, 0) is 76.5 Å². The Balaban J connectivity index is 1.61. The maximum atomic E-state index is 13.6. The number of aromatic nitrogens is 2. The highest BCUT2D eigenvalue weighted by Gasteiger charge is 2.41. The van der Waals surface area contributed by atoms with E-state index < -0.39 is 23.4 Å². The Morgan fingerprint density at radius 2 is 1.85 bits per heavy atom. The quantitative estimate of drug-likeness (QED) is 0.603. The number of benzene rings is 1. The van der Waals surface area contributed by atoms with Crippen molar-refractivity contribution in [1.29, 1.82) is 0 Å². The first kappa shape index (κ1) is 24.6. The van der Waals surface area contributed by atoms with Crippen molar-refractivity contribution < 1.29 is 27.5 Å². The molecule has 1 aliphatic heterocycles. The van der Waals surface area contributed by atoms with Gasteiger partial charge in [0.2, 0.25) is 0 Å². The van der Waals surface area contributed by atoms with Crippen LogP contribution >= 0.6 is 0 Å². The van der Waals surface area contributed by atoms with Gasteiger partial charge in [0.25, 0.3) is 0 Å². The molecule has 0 bridgehead atoms. The van der Waals surface area contributed by atoms with Crippen LogP contribution in [0.1, 0.15) is 42.2 Å². The average Bonchev–Trinajstić information content (AvgIpc) is 3.22. The van der Waals surface area contributed by atoms with Crippen LogP contribution in [0, 0.1) is 5.92 Å². The molecule has 3 rings (SSSR count). The number of likely N-dealkylation sites (tertiary alicyclic amines) is 1. The summed E-state index contributed by atoms with van der Waals surface area (Å²) in [5.41, 5.74) is -1.36. The van der Waals surface area contributed by atoms with Crippen molar-refractivity contribution in [2.45, 2.75) is 32.4 Å². The number of esters is 1. The SMILES string of the molecule is CCOC(=O)c1cnn(-c2ccc(NC(=O)NCCC3CCN(C)CC3)cc2)c1C(F)(F)F. The van der Waals surface area contributed by atoms with Gasteiger partial charge in [0, 0.05) is 12.2 Å². The lowest BCUT2D eigenvalue weighted by molar-refractivity contribution is -0.143. The van der Waals surface area contributed by atoms with Crippen LogP contribution in [-0.2, 0) is 10.9 Å². The molecule has 33 heavy (non-hydrogen) atoms. The largest absolute Gasteiger partial charge is 0.462 e. The highest BCUT2D eigenvalue weighted by Crippen LogP contribution is 2.34. The van der Waals surface area contributed by atoms with E-state index in [1.165, 1.54) is 31.2 Å². The van der Waals surface area contributed by atoms with Gasteiger partial charge in [0.1, 0.15) is 5.56 Å². The normalized spacial score (nSPS) is 15.3. The first-order chi connectivity index (χ1) is 15.7. The fraction of sp³-hybridized carbons (Fsp3) is 0.500. The molecule has 8 nitrogen and oxygen atoms in total. The van der Waals surface area contributed by atoms with Crippen LogP contribution < -0.4 is 10.6 Å². The third-order valence-corrected chi connectivity index (χ3v) is 5.58. The number of amides is 2. The Hall–Kier alpha value is -3.08. The second-order valence-electron chi connectivity index (χ2n) is 8.00. The van der Waals surface area contributed by atoms with Crippen LogP contribution in [0.15, 0.2) is 30.5 Å². The summed E-state index contributed by atoms with van der Waals surface area (Å²) in [5, 5.41) is 9.21. The summed E-state index contributed by atoms with van der Waals surface area (Å²) in [4.78, 5) is 26.3. The second-order valence-corrected chi connectivity index (χ2v) is 8.00. The number of urea groups is 1. The standard InChI is InChI=1S/C22H28F3N5O3/c1-3-33-20(31)18-14-27-30(19(18)22(23,24)25)17-6-4-16(5-7-17)28-21(32)26-11-8-15-9-12-29(2)13-10-15/h4-7,14-15H,3,8-13H2,1-2H3,(H2,26,28,32). The molecule has 1 aliphatic rings. The molecule has 0 aliphatic carbocycles. The predicted molar refractivity (Wildman–Crippen MR) is 116 cm³/mol. The van der Waals surface area contributed by atoms with Crippen molar-refractivity contribution in [1.82, 2.24) is 20.0 Å². The minimum absolute atomic E-state index is 0.0538. The summed E-state index contributed by atoms with van der Waals surface area (Å²) < 4.78 is 46.2. The molecule has 2 aromatic rings. The molecule has 2 heterocycles. The van der Waals surface area contributed by atoms with Gasteiger partial charge < -0.3 is 20.3 Å². The Labute approximate surface area is 190 Å². The predicted octanol–water partition coefficient (Wildman–Crippen LogP) is 3.92. The van der Waals surface area contributed by atoms with E-state index in [1.54, 1.807) is 0 Å². The average molecular weight is 467 g/mol. The lowest BCUT2D eigenvalue weighted by atomic mass is 9.94. The Bertz CT molecular complexity index is 951. The van der Waals surface area contributed by atoms with Crippen molar-refractivity contribution in [3.8, 4) is 5.69 Å². The fourth-order valence-electron chi connectivity index (χ4n) is 3.78. The van der Waals surface area contributed by atoms with Gasteiger partial charge in [0.05, 0.1) is 18.5 Å². The number of piperidine rings is 1. The van der Waals surface area contributed by atoms with E-state index in [9.17, 15) is 22.8 Å². The number of hydrogen-bond acceptors (Lipinski definition) is 5. The summed E-state index contributed by atoms with van der Waals surface area (Å²) in [6.07, 6.45) is -0.838. The number of anilines is 1. The van der Waals surface area contributed by atoms with E-state index >= 15 is 0 Å². The monoisotopic (exact) mass is 467 g/mol. The molecule has 1 saturated heterocycles. The third kappa shape index (κ3) is 6.47. The molecule has 0 spiro atoms. The number of carbonyl (C=O) groups is 2. The number of nitrogens with one attached hydrogen (secondary N) is 2. The molecule has 0 unspecified atom stereocenters. The van der Waals surface area contributed by atoms with E-state index in [-0.39, 0.29) is 18.3 Å². The van der Waals surface area contributed by atoms with Gasteiger partial charge in [0.15, 0.2) is 5.69 Å². The number of ether oxygens (including phenoxy) is 1. The van der Waals surface area contributed by atoms with Crippen molar-refractivity contribution in [2.75, 3.05) is 38.6 Å². The summed E-state index contributed by atoms with van der Waals surface area (Å²) in [6, 6.07) is 5.32. The third-order valence-electron chi connectivity index (χ3n) is 5.58. The molecule has 0 radical (unpaired) electrons. The van der Waals surface area contributed by atoms with E-state index in [4.69, 9.17) is 4.74 Å². The Morgan fingerprint density at radius 1 is 1.18 bits per heavy atom. The smallest absolute Gasteiger partial charge is 0.434 e. The zero-order valence-electron chi connectivity index (χ0n) is 18.6. The van der Waals surface area contributed by atoms with Crippen LogP contribution in [0.5, 0.6) is 0 Å². The number of alkyl halides is 3. The zero-order valence-corrected chi connectivity index (χ0v) is 18.6. The van der Waals surface area contributed by atoms with Crippen LogP contribution in [0.2, 0.25) is 0 Å². The van der Waals surface area contributed by atoms with Crippen LogP contribution in [0.4, 0.5) is 23.7 Å². The summed E-state index contributed by atoms with van der Waals surface area (Å²) >= 11 is 0. The summed E-state index contributed by atoms with van der Waals surface area (Å²) in [5.74, 6) is -0.497. The van der Waals surface area contributed by atoms with E-state index in [1.807, 2.05) is 0 Å². The van der Waals surface area contributed by atoms with Crippen molar-refractivity contribution in [3.05, 3.63) is 41.7 Å². The van der Waals surface area contributed by atoms with Crippen LogP contribution in [0.25, 0.3) is 5.69 Å². The number of rotatable bonds is 7. The van der Waals surface area contributed by atoms with E-state index in [2.05, 4.69) is 27.7 Å². The molecule has 0 saturated carbocycles. The van der Waals surface area contributed by atoms with Gasteiger partial charge in [-0.15, -0.1) is 0 Å². The molecule has 180 valence electrons. The second kappa shape index (κ2) is 10.7. The molecule has 1 fully saturated rings. The maximum Gasteiger partial charge on any atom is 0.434 e. The topological polar surface area (TPSA) is 88.5 Å². The highest BCUT2D eigenvalue weighted by atomic mass is 19.4. The number of halogens is 3. The first-order valence-corrected chi connectivity index (χ1v) is 10.8. The zero-order chi connectivity index (χ0) is 24.0. The van der Waals surface area contributed by atoms with Crippen molar-refractivity contribution in [2.24, 2.45) is 5.92 Å². The minimum Gasteiger partial charge on any atom is -0.462 e. The van der Waals surface area contributed by atoms with E-state index in [0.29, 0.717) is 22.8 Å². The van der Waals surface area contributed by atoms with Gasteiger partial charge in [-0.25, -0.2) is 14.3 Å². The van der Waals surface area contributed by atoms with E-state index in [0.717, 1.165) is 38.5 Å². The highest BCUT2D eigenvalue weighted by molar-refractivity contribution is 5.91. The van der Waals surface area contributed by atoms with Gasteiger partial charge in [-0.1, -0.05) is 0 Å². The number of hydrogen-bond donors (Lipinski definition) is 2.